The molecule has 22 heavy (non-hydrogen) atoms. The number of H-pyrrole nitrogens is 1. The molecule has 0 fully saturated rings. The fraction of sp³-hybridized carbons (Fsp3) is 0. The van der Waals surface area contributed by atoms with Crippen LogP contribution in [0.3, 0.4) is 0 Å². The second-order valence-electron chi connectivity index (χ2n) is 4.60. The van der Waals surface area contributed by atoms with E-state index in [1.54, 1.807) is 0 Å². The van der Waals surface area contributed by atoms with Crippen molar-refractivity contribution in [3.05, 3.63) is 64.6 Å². The molecule has 0 aliphatic carbocycles. The van der Waals surface area contributed by atoms with Gasteiger partial charge in [0.05, 0.1) is 14.7 Å². The number of benzene rings is 2. The first-order valence-electron chi connectivity index (χ1n) is 6.16. The van der Waals surface area contributed by atoms with Crippen molar-refractivity contribution < 1.29 is 17.7 Å². The number of hydrogen-bond donors (Lipinski definition) is 1. The third-order valence-corrected chi connectivity index (χ3v) is 5.03. The van der Waals surface area contributed by atoms with Gasteiger partial charge in [-0.25, -0.2) is 12.8 Å². The van der Waals surface area contributed by atoms with Gasteiger partial charge in [0.15, 0.2) is 0 Å². The minimum absolute atomic E-state index is 0.0528. The molecular weight excluding hydrogens is 311 g/mol. The number of nitro benzene ring substituents is 1. The molecule has 0 spiro atoms. The lowest BCUT2D eigenvalue weighted by atomic mass is 10.2. The molecule has 1 aromatic heterocycles. The molecular formula is C14H9FN2O4S. The number of rotatable bonds is 3. The molecule has 0 saturated carbocycles. The second-order valence-corrected chi connectivity index (χ2v) is 6.52. The summed E-state index contributed by atoms with van der Waals surface area (Å²) in [6.07, 6.45) is 1.25. The topological polar surface area (TPSA) is 93.1 Å². The first-order valence-corrected chi connectivity index (χ1v) is 7.64. The van der Waals surface area contributed by atoms with Crippen LogP contribution in [0, 0.1) is 15.9 Å². The van der Waals surface area contributed by atoms with Crippen molar-refractivity contribution in [1.82, 2.24) is 4.98 Å². The molecule has 0 aliphatic heterocycles. The van der Waals surface area contributed by atoms with E-state index in [9.17, 15) is 22.9 Å². The van der Waals surface area contributed by atoms with Crippen LogP contribution in [-0.4, -0.2) is 18.3 Å². The lowest BCUT2D eigenvalue weighted by Crippen LogP contribution is -2.02. The smallest absolute Gasteiger partial charge is 0.270 e. The zero-order valence-electron chi connectivity index (χ0n) is 11.0. The number of halogens is 1. The van der Waals surface area contributed by atoms with Gasteiger partial charge in [0.1, 0.15) is 5.82 Å². The maximum Gasteiger partial charge on any atom is 0.270 e. The van der Waals surface area contributed by atoms with Gasteiger partial charge in [-0.2, -0.15) is 0 Å². The highest BCUT2D eigenvalue weighted by Crippen LogP contribution is 2.30. The Kier molecular flexibility index (Phi) is 3.18. The Morgan fingerprint density at radius 2 is 1.91 bits per heavy atom. The Balaban J connectivity index is 2.20. The minimum atomic E-state index is -3.95. The number of nitrogens with one attached hydrogen (secondary N) is 1. The van der Waals surface area contributed by atoms with Crippen LogP contribution in [0.25, 0.3) is 10.9 Å². The van der Waals surface area contributed by atoms with E-state index in [2.05, 4.69) is 4.98 Å². The van der Waals surface area contributed by atoms with Gasteiger partial charge < -0.3 is 4.98 Å². The summed E-state index contributed by atoms with van der Waals surface area (Å²) < 4.78 is 38.4. The number of aromatic nitrogens is 1. The lowest BCUT2D eigenvalue weighted by Gasteiger charge is -2.03. The van der Waals surface area contributed by atoms with Gasteiger partial charge in [-0.15, -0.1) is 0 Å². The maximum atomic E-state index is 13.2. The van der Waals surface area contributed by atoms with Crippen LogP contribution < -0.4 is 0 Å². The molecule has 1 N–H and O–H groups in total. The Hall–Kier alpha value is -2.74. The minimum Gasteiger partial charge on any atom is -0.360 e. The van der Waals surface area contributed by atoms with E-state index >= 15 is 0 Å². The summed E-state index contributed by atoms with van der Waals surface area (Å²) in [6, 6.07) is 8.49. The quantitative estimate of drug-likeness (QED) is 0.593. The SMILES string of the molecule is O=[N+]([O-])c1cccc(S(=O)(=O)c2c[nH]c3cc(F)ccc23)c1. The highest BCUT2D eigenvalue weighted by atomic mass is 32.2. The molecule has 2 aromatic carbocycles. The van der Waals surface area contributed by atoms with Crippen molar-refractivity contribution in [2.45, 2.75) is 9.79 Å². The summed E-state index contributed by atoms with van der Waals surface area (Å²) in [4.78, 5) is 12.6. The van der Waals surface area contributed by atoms with Gasteiger partial charge >= 0.3 is 0 Å². The zero-order chi connectivity index (χ0) is 15.9. The molecule has 3 rings (SSSR count). The fourth-order valence-corrected chi connectivity index (χ4v) is 3.65. The van der Waals surface area contributed by atoms with Crippen LogP contribution in [-0.2, 0) is 9.84 Å². The Bertz CT molecular complexity index is 995. The molecule has 3 aromatic rings. The average molecular weight is 320 g/mol. The number of sulfone groups is 1. The standard InChI is InChI=1S/C14H9FN2O4S/c15-9-4-5-12-13(6-9)16-8-14(12)22(20,21)11-3-1-2-10(7-11)17(18)19/h1-8,16H. The number of aromatic amines is 1. The third kappa shape index (κ3) is 2.23. The van der Waals surface area contributed by atoms with Crippen molar-refractivity contribution in [2.75, 3.05) is 0 Å². The molecule has 0 bridgehead atoms. The van der Waals surface area contributed by atoms with Gasteiger partial charge in [-0.05, 0) is 24.3 Å². The zero-order valence-corrected chi connectivity index (χ0v) is 11.8. The summed E-state index contributed by atoms with van der Waals surface area (Å²) in [6.45, 7) is 0. The molecule has 0 aliphatic rings. The molecule has 6 nitrogen and oxygen atoms in total. The van der Waals surface area contributed by atoms with Crippen molar-refractivity contribution in [3.63, 3.8) is 0 Å². The second kappa shape index (κ2) is 4.92. The number of non-ortho nitro benzene ring substituents is 1. The molecule has 112 valence electrons. The third-order valence-electron chi connectivity index (χ3n) is 3.23. The van der Waals surface area contributed by atoms with E-state index in [4.69, 9.17) is 0 Å². The summed E-state index contributed by atoms with van der Waals surface area (Å²) in [7, 11) is -3.95. The van der Waals surface area contributed by atoms with E-state index in [-0.39, 0.29) is 15.5 Å². The number of hydrogen-bond acceptors (Lipinski definition) is 4. The first-order chi connectivity index (χ1) is 10.4. The number of nitrogens with zero attached hydrogens (tertiary/aromatic N) is 1. The Labute approximate surface area is 124 Å². The molecule has 1 heterocycles. The summed E-state index contributed by atoms with van der Waals surface area (Å²) in [5.41, 5.74) is 0.0240. The molecule has 0 atom stereocenters. The van der Waals surface area contributed by atoms with E-state index < -0.39 is 20.6 Å². The van der Waals surface area contributed by atoms with E-state index in [1.165, 1.54) is 36.5 Å². The van der Waals surface area contributed by atoms with Crippen LogP contribution in [0.1, 0.15) is 0 Å². The number of fused-ring (bicyclic) bond motifs is 1. The lowest BCUT2D eigenvalue weighted by molar-refractivity contribution is -0.385. The van der Waals surface area contributed by atoms with Crippen LogP contribution in [0.5, 0.6) is 0 Å². The van der Waals surface area contributed by atoms with Crippen molar-refractivity contribution >= 4 is 26.4 Å². The van der Waals surface area contributed by atoms with Crippen LogP contribution in [0.15, 0.2) is 58.5 Å². The van der Waals surface area contributed by atoms with Gasteiger partial charge in [-0.1, -0.05) is 6.07 Å². The average Bonchev–Trinajstić information content (AvgIpc) is 2.91. The molecule has 0 radical (unpaired) electrons. The molecule has 0 amide bonds. The van der Waals surface area contributed by atoms with E-state index in [0.29, 0.717) is 10.9 Å². The predicted molar refractivity (Wildman–Crippen MR) is 76.8 cm³/mol. The normalized spacial score (nSPS) is 11.7. The van der Waals surface area contributed by atoms with Crippen LogP contribution >= 0.6 is 0 Å². The number of nitro groups is 1. The van der Waals surface area contributed by atoms with Gasteiger partial charge in [0.25, 0.3) is 5.69 Å². The molecule has 0 saturated heterocycles. The summed E-state index contributed by atoms with van der Waals surface area (Å²) >= 11 is 0. The van der Waals surface area contributed by atoms with Gasteiger partial charge in [0.2, 0.25) is 9.84 Å². The highest BCUT2D eigenvalue weighted by molar-refractivity contribution is 7.91. The fourth-order valence-electron chi connectivity index (χ4n) is 2.19. The monoisotopic (exact) mass is 320 g/mol. The van der Waals surface area contributed by atoms with E-state index in [0.717, 1.165) is 12.1 Å². The summed E-state index contributed by atoms with van der Waals surface area (Å²) in [5, 5.41) is 11.1. The summed E-state index contributed by atoms with van der Waals surface area (Å²) in [5.74, 6) is -0.492. The molecule has 0 unspecified atom stereocenters. The van der Waals surface area contributed by atoms with Crippen molar-refractivity contribution in [2.24, 2.45) is 0 Å². The maximum absolute atomic E-state index is 13.2. The van der Waals surface area contributed by atoms with Gasteiger partial charge in [0, 0.05) is 29.2 Å². The molecule has 8 heteroatoms. The van der Waals surface area contributed by atoms with Crippen LogP contribution in [0.4, 0.5) is 10.1 Å². The first kappa shape index (κ1) is 14.2. The van der Waals surface area contributed by atoms with Crippen molar-refractivity contribution in [1.29, 1.82) is 0 Å². The van der Waals surface area contributed by atoms with Gasteiger partial charge in [-0.3, -0.25) is 10.1 Å². The Morgan fingerprint density at radius 1 is 1.14 bits per heavy atom. The Morgan fingerprint density at radius 3 is 2.64 bits per heavy atom. The van der Waals surface area contributed by atoms with E-state index in [1.807, 2.05) is 0 Å². The van der Waals surface area contributed by atoms with Crippen LogP contribution in [0.2, 0.25) is 0 Å². The highest BCUT2D eigenvalue weighted by Gasteiger charge is 2.23. The largest absolute Gasteiger partial charge is 0.360 e. The van der Waals surface area contributed by atoms with Crippen molar-refractivity contribution in [3.8, 4) is 0 Å². The predicted octanol–water partition coefficient (Wildman–Crippen LogP) is 3.05.